The van der Waals surface area contributed by atoms with Crippen molar-refractivity contribution in [1.29, 1.82) is 0 Å². The van der Waals surface area contributed by atoms with E-state index in [-0.39, 0.29) is 12.2 Å². The lowest BCUT2D eigenvalue weighted by molar-refractivity contribution is -0.380. The summed E-state index contributed by atoms with van der Waals surface area (Å²) in [5, 5.41) is 9.59. The molecule has 0 amide bonds. The number of rotatable bonds is 2. The van der Waals surface area contributed by atoms with E-state index in [0.29, 0.717) is 19.8 Å². The predicted octanol–water partition coefficient (Wildman–Crippen LogP) is -1.13. The molecule has 1 saturated heterocycles. The van der Waals surface area contributed by atoms with E-state index >= 15 is 0 Å². The number of aliphatic hydroxyl groups excluding tert-OH is 1. The normalized spacial score (nSPS) is 33.4. The second-order valence-electron chi connectivity index (χ2n) is 3.50. The first kappa shape index (κ1) is 9.86. The average molecular weight is 198 g/mol. The highest BCUT2D eigenvalue weighted by Crippen LogP contribution is 2.21. The fourth-order valence-corrected chi connectivity index (χ4v) is 1.71. The smallest absolute Gasteiger partial charge is 0.127 e. The molecule has 4 N–H and O–H groups in total. The van der Waals surface area contributed by atoms with Gasteiger partial charge in [-0.05, 0) is 11.6 Å². The minimum absolute atomic E-state index is 0.0181. The summed E-state index contributed by atoms with van der Waals surface area (Å²) in [6.45, 7) is 1.75. The monoisotopic (exact) mass is 198 g/mol. The van der Waals surface area contributed by atoms with E-state index in [2.05, 4.69) is 5.73 Å². The zero-order chi connectivity index (χ0) is 9.97. The van der Waals surface area contributed by atoms with Crippen LogP contribution in [-0.4, -0.2) is 43.2 Å². The van der Waals surface area contributed by atoms with Crippen molar-refractivity contribution in [2.45, 2.75) is 18.3 Å². The van der Waals surface area contributed by atoms with Crippen LogP contribution in [0.3, 0.4) is 0 Å². The Bertz CT molecular complexity index is 262. The molecule has 78 valence electrons. The van der Waals surface area contributed by atoms with Gasteiger partial charge in [0.1, 0.15) is 24.9 Å². The maximum absolute atomic E-state index is 9.59. The van der Waals surface area contributed by atoms with Crippen LogP contribution in [-0.2, 0) is 9.47 Å². The molecule has 3 atom stereocenters. The molecule has 0 aromatic rings. The third kappa shape index (κ3) is 1.88. The minimum atomic E-state index is -0.488. The predicted molar refractivity (Wildman–Crippen MR) is 50.5 cm³/mol. The SMILES string of the molecule is [NH3+]C[C@@H](O)C1=C[C@H]2OCCO[C@H]2C=C1. The Kier molecular flexibility index (Phi) is 2.98. The third-order valence-corrected chi connectivity index (χ3v) is 2.52. The summed E-state index contributed by atoms with van der Waals surface area (Å²) in [6.07, 6.45) is 5.26. The lowest BCUT2D eigenvalue weighted by Crippen LogP contribution is -2.56. The van der Waals surface area contributed by atoms with Crippen LogP contribution in [0.2, 0.25) is 0 Å². The average Bonchev–Trinajstić information content (AvgIpc) is 2.27. The van der Waals surface area contributed by atoms with E-state index in [4.69, 9.17) is 9.47 Å². The Morgan fingerprint density at radius 3 is 2.86 bits per heavy atom. The number of quaternary nitrogens is 1. The molecule has 1 aliphatic heterocycles. The van der Waals surface area contributed by atoms with Gasteiger partial charge in [0.25, 0.3) is 0 Å². The molecule has 4 heteroatoms. The van der Waals surface area contributed by atoms with Crippen molar-refractivity contribution >= 4 is 0 Å². The van der Waals surface area contributed by atoms with Crippen LogP contribution in [0.25, 0.3) is 0 Å². The quantitative estimate of drug-likeness (QED) is 0.590. The van der Waals surface area contributed by atoms with Crippen molar-refractivity contribution in [2.75, 3.05) is 19.8 Å². The summed E-state index contributed by atoms with van der Waals surface area (Å²) in [5.41, 5.74) is 4.55. The Hall–Kier alpha value is -0.680. The van der Waals surface area contributed by atoms with E-state index < -0.39 is 6.10 Å². The Morgan fingerprint density at radius 1 is 1.43 bits per heavy atom. The summed E-state index contributed by atoms with van der Waals surface area (Å²) in [4.78, 5) is 0. The highest BCUT2D eigenvalue weighted by atomic mass is 16.6. The summed E-state index contributed by atoms with van der Waals surface area (Å²) < 4.78 is 11.0. The molecule has 1 heterocycles. The molecule has 2 aliphatic rings. The molecule has 0 spiro atoms. The minimum Gasteiger partial charge on any atom is -0.383 e. The van der Waals surface area contributed by atoms with Crippen molar-refractivity contribution in [3.63, 3.8) is 0 Å². The lowest BCUT2D eigenvalue weighted by atomic mass is 9.98. The lowest BCUT2D eigenvalue weighted by Gasteiger charge is -2.31. The van der Waals surface area contributed by atoms with Crippen LogP contribution in [0.15, 0.2) is 23.8 Å². The largest absolute Gasteiger partial charge is 0.383 e. The topological polar surface area (TPSA) is 66.3 Å². The van der Waals surface area contributed by atoms with Crippen LogP contribution >= 0.6 is 0 Å². The molecule has 0 aromatic heterocycles. The van der Waals surface area contributed by atoms with E-state index in [9.17, 15) is 5.11 Å². The van der Waals surface area contributed by atoms with Crippen molar-refractivity contribution in [3.8, 4) is 0 Å². The molecule has 0 aromatic carbocycles. The van der Waals surface area contributed by atoms with Gasteiger partial charge in [0.05, 0.1) is 13.2 Å². The third-order valence-electron chi connectivity index (χ3n) is 2.52. The molecule has 2 rings (SSSR count). The number of ether oxygens (including phenoxy) is 2. The van der Waals surface area contributed by atoms with Crippen molar-refractivity contribution in [1.82, 2.24) is 0 Å². The van der Waals surface area contributed by atoms with Gasteiger partial charge in [-0.3, -0.25) is 0 Å². The van der Waals surface area contributed by atoms with Gasteiger partial charge in [0.2, 0.25) is 0 Å². The molecular formula is C10H16NO3+. The van der Waals surface area contributed by atoms with Gasteiger partial charge in [-0.1, -0.05) is 12.2 Å². The summed E-state index contributed by atoms with van der Waals surface area (Å²) >= 11 is 0. The molecule has 0 unspecified atom stereocenters. The maximum Gasteiger partial charge on any atom is 0.127 e. The first-order valence-electron chi connectivity index (χ1n) is 4.91. The second kappa shape index (κ2) is 4.23. The van der Waals surface area contributed by atoms with Crippen molar-refractivity contribution in [3.05, 3.63) is 23.8 Å². The molecule has 4 nitrogen and oxygen atoms in total. The summed E-state index contributed by atoms with van der Waals surface area (Å²) in [6, 6.07) is 0. The van der Waals surface area contributed by atoms with Crippen LogP contribution in [0.1, 0.15) is 0 Å². The van der Waals surface area contributed by atoms with E-state index in [1.165, 1.54) is 0 Å². The molecule has 1 fully saturated rings. The van der Waals surface area contributed by atoms with Crippen molar-refractivity contribution < 1.29 is 20.3 Å². The van der Waals surface area contributed by atoms with E-state index in [1.54, 1.807) is 0 Å². The fourth-order valence-electron chi connectivity index (χ4n) is 1.71. The number of aliphatic hydroxyl groups is 1. The van der Waals surface area contributed by atoms with E-state index in [0.717, 1.165) is 5.57 Å². The first-order chi connectivity index (χ1) is 6.81. The molecule has 0 bridgehead atoms. The van der Waals surface area contributed by atoms with Crippen LogP contribution < -0.4 is 5.73 Å². The second-order valence-corrected chi connectivity index (χ2v) is 3.50. The Morgan fingerprint density at radius 2 is 2.14 bits per heavy atom. The molecule has 0 radical (unpaired) electrons. The van der Waals surface area contributed by atoms with Crippen LogP contribution in [0.5, 0.6) is 0 Å². The number of hydrogen-bond acceptors (Lipinski definition) is 3. The zero-order valence-electron chi connectivity index (χ0n) is 8.06. The van der Waals surface area contributed by atoms with Gasteiger partial charge < -0.3 is 20.3 Å². The van der Waals surface area contributed by atoms with Gasteiger partial charge in [0.15, 0.2) is 0 Å². The van der Waals surface area contributed by atoms with Crippen molar-refractivity contribution in [2.24, 2.45) is 0 Å². The van der Waals surface area contributed by atoms with Gasteiger partial charge in [-0.15, -0.1) is 0 Å². The Balaban J connectivity index is 2.08. The van der Waals surface area contributed by atoms with E-state index in [1.807, 2.05) is 18.2 Å². The van der Waals surface area contributed by atoms with Gasteiger partial charge in [-0.2, -0.15) is 0 Å². The molecule has 14 heavy (non-hydrogen) atoms. The van der Waals surface area contributed by atoms with Crippen LogP contribution in [0.4, 0.5) is 0 Å². The Labute approximate surface area is 83.0 Å². The summed E-state index contributed by atoms with van der Waals surface area (Å²) in [7, 11) is 0. The van der Waals surface area contributed by atoms with Crippen LogP contribution in [0, 0.1) is 0 Å². The van der Waals surface area contributed by atoms with Gasteiger partial charge >= 0.3 is 0 Å². The highest BCUT2D eigenvalue weighted by Gasteiger charge is 2.27. The number of hydrogen-bond donors (Lipinski definition) is 2. The van der Waals surface area contributed by atoms with Gasteiger partial charge in [-0.25, -0.2) is 0 Å². The number of fused-ring (bicyclic) bond motifs is 1. The molecule has 0 saturated carbocycles. The maximum atomic E-state index is 9.59. The zero-order valence-corrected chi connectivity index (χ0v) is 8.06. The standard InChI is InChI=1S/C10H15NO3/c11-6-8(12)7-1-2-9-10(5-7)14-4-3-13-9/h1-2,5,8-10,12H,3-4,6,11H2/p+1/t8-,9+,10-/m1/s1. The summed E-state index contributed by atoms with van der Waals surface area (Å²) in [5.74, 6) is 0. The highest BCUT2D eigenvalue weighted by molar-refractivity contribution is 5.30. The fraction of sp³-hybridized carbons (Fsp3) is 0.600. The first-order valence-corrected chi connectivity index (χ1v) is 4.91. The molecule has 1 aliphatic carbocycles. The van der Waals surface area contributed by atoms with Gasteiger partial charge in [0, 0.05) is 0 Å². The molecular weight excluding hydrogens is 182 g/mol.